The number of thiocarbonyl (C=S) groups is 1. The Morgan fingerprint density at radius 3 is 2.86 bits per heavy atom. The van der Waals surface area contributed by atoms with Gasteiger partial charge >= 0.3 is 0 Å². The lowest BCUT2D eigenvalue weighted by Crippen LogP contribution is -2.50. The number of carbonyl (C=O) groups is 2. The molecule has 1 atom stereocenters. The Bertz CT molecular complexity index is 638. The number of hydrogen-bond donors (Lipinski definition) is 0. The molecule has 2 heterocycles. The molecule has 1 aromatic rings. The quantitative estimate of drug-likeness (QED) is 0.563. The number of amides is 1. The second-order valence-electron chi connectivity index (χ2n) is 4.64. The maximum Gasteiger partial charge on any atom is 0.266 e. The van der Waals surface area contributed by atoms with Crippen LogP contribution in [0.3, 0.4) is 0 Å². The smallest absolute Gasteiger partial charge is 0.266 e. The van der Waals surface area contributed by atoms with Crippen molar-refractivity contribution in [2.45, 2.75) is 19.4 Å². The van der Waals surface area contributed by atoms with E-state index < -0.39 is 12.0 Å². The Kier molecular flexibility index (Phi) is 6.08. The molecule has 4 nitrogen and oxygen atoms in total. The van der Waals surface area contributed by atoms with Gasteiger partial charge in [0, 0.05) is 4.88 Å². The summed E-state index contributed by atoms with van der Waals surface area (Å²) in [6.07, 6.45) is 3.98. The van der Waals surface area contributed by atoms with Crippen LogP contribution >= 0.6 is 47.1 Å². The van der Waals surface area contributed by atoms with Crippen LogP contribution in [-0.4, -0.2) is 39.1 Å². The monoisotopic (exact) mass is 372 g/mol. The molecule has 2 rings (SSSR count). The van der Waals surface area contributed by atoms with Crippen LogP contribution in [0.1, 0.15) is 16.9 Å². The van der Waals surface area contributed by atoms with Crippen molar-refractivity contribution >= 4 is 69.4 Å². The van der Waals surface area contributed by atoms with E-state index in [9.17, 15) is 14.7 Å². The van der Waals surface area contributed by atoms with Crippen LogP contribution in [0.4, 0.5) is 0 Å². The lowest BCUT2D eigenvalue weighted by atomic mass is 10.2. The summed E-state index contributed by atoms with van der Waals surface area (Å²) >= 11 is 9.40. The normalized spacial score (nSPS) is 18.3. The Hall–Kier alpha value is -0.830. The molecule has 0 saturated carbocycles. The van der Waals surface area contributed by atoms with Crippen LogP contribution in [0.25, 0.3) is 6.08 Å². The Labute approximate surface area is 147 Å². The molecule has 0 unspecified atom stereocenters. The molecule has 1 amide bonds. The minimum absolute atomic E-state index is 0.278. The van der Waals surface area contributed by atoms with Gasteiger partial charge in [0.15, 0.2) is 0 Å². The van der Waals surface area contributed by atoms with Crippen molar-refractivity contribution in [3.8, 4) is 0 Å². The molecule has 0 aliphatic carbocycles. The van der Waals surface area contributed by atoms with Gasteiger partial charge in [-0.2, -0.15) is 11.8 Å². The summed E-state index contributed by atoms with van der Waals surface area (Å²) < 4.78 is 0.278. The van der Waals surface area contributed by atoms with Gasteiger partial charge in [0.25, 0.3) is 5.91 Å². The predicted octanol–water partition coefficient (Wildman–Crippen LogP) is 2.13. The number of carboxylic acid groups (broad SMARTS) is 1. The van der Waals surface area contributed by atoms with Crippen molar-refractivity contribution in [2.24, 2.45) is 0 Å². The summed E-state index contributed by atoms with van der Waals surface area (Å²) in [6.45, 7) is 1.96. The molecule has 0 spiro atoms. The van der Waals surface area contributed by atoms with Gasteiger partial charge < -0.3 is 9.90 Å². The Morgan fingerprint density at radius 2 is 2.32 bits per heavy atom. The molecule has 22 heavy (non-hydrogen) atoms. The highest BCUT2D eigenvalue weighted by atomic mass is 32.2. The van der Waals surface area contributed by atoms with Gasteiger partial charge in [0.2, 0.25) is 0 Å². The fraction of sp³-hybridized carbons (Fsp3) is 0.357. The fourth-order valence-corrected chi connectivity index (χ4v) is 4.71. The third-order valence-electron chi connectivity index (χ3n) is 3.17. The van der Waals surface area contributed by atoms with E-state index in [0.29, 0.717) is 17.1 Å². The second kappa shape index (κ2) is 7.63. The third kappa shape index (κ3) is 3.73. The van der Waals surface area contributed by atoms with Gasteiger partial charge in [0.1, 0.15) is 4.32 Å². The first-order chi connectivity index (χ1) is 10.5. The maximum atomic E-state index is 12.5. The van der Waals surface area contributed by atoms with Gasteiger partial charge in [-0.15, -0.1) is 11.3 Å². The predicted molar refractivity (Wildman–Crippen MR) is 95.9 cm³/mol. The highest BCUT2D eigenvalue weighted by Gasteiger charge is 2.37. The van der Waals surface area contributed by atoms with Crippen molar-refractivity contribution < 1.29 is 14.7 Å². The highest BCUT2D eigenvalue weighted by molar-refractivity contribution is 8.26. The summed E-state index contributed by atoms with van der Waals surface area (Å²) in [5.41, 5.74) is 1.08. The zero-order chi connectivity index (χ0) is 16.3. The maximum absolute atomic E-state index is 12.5. The molecule has 1 aliphatic rings. The zero-order valence-electron chi connectivity index (χ0n) is 12.0. The molecule has 1 saturated heterocycles. The van der Waals surface area contributed by atoms with Crippen molar-refractivity contribution in [3.05, 3.63) is 26.8 Å². The first-order valence-corrected chi connectivity index (χ1v) is 9.96. The molecule has 1 fully saturated rings. The Balaban J connectivity index is 2.26. The number of hydrogen-bond acceptors (Lipinski definition) is 7. The molecule has 1 aliphatic heterocycles. The lowest BCUT2D eigenvalue weighted by Gasteiger charge is -2.27. The van der Waals surface area contributed by atoms with E-state index in [4.69, 9.17) is 12.2 Å². The molecule has 0 bridgehead atoms. The number of thiophene rings is 1. The average Bonchev–Trinajstić information content (AvgIpc) is 2.97. The van der Waals surface area contributed by atoms with Gasteiger partial charge in [-0.3, -0.25) is 9.69 Å². The number of nitrogens with zero attached hydrogens (tertiary/aromatic N) is 1. The number of rotatable bonds is 6. The molecule has 0 aromatic carbocycles. The average molecular weight is 373 g/mol. The molecule has 1 aromatic heterocycles. The number of thioether (sulfide) groups is 2. The topological polar surface area (TPSA) is 60.4 Å². The van der Waals surface area contributed by atoms with Gasteiger partial charge in [-0.1, -0.05) is 24.0 Å². The SMILES string of the molecule is CSCC[C@H](C(=O)[O-])N1C(=O)/C(=C\c2sccc2C)SC1=S. The van der Waals surface area contributed by atoms with E-state index in [1.165, 1.54) is 28.0 Å². The van der Waals surface area contributed by atoms with Crippen LogP contribution in [-0.2, 0) is 9.59 Å². The highest BCUT2D eigenvalue weighted by Crippen LogP contribution is 2.35. The molecule has 0 N–H and O–H groups in total. The molecular weight excluding hydrogens is 358 g/mol. The second-order valence-corrected chi connectivity index (χ2v) is 8.24. The van der Waals surface area contributed by atoms with Gasteiger partial charge in [0.05, 0.1) is 16.9 Å². The van der Waals surface area contributed by atoms with E-state index in [-0.39, 0.29) is 10.2 Å². The lowest BCUT2D eigenvalue weighted by molar-refractivity contribution is -0.310. The van der Waals surface area contributed by atoms with E-state index in [1.54, 1.807) is 6.08 Å². The molecule has 8 heteroatoms. The number of aryl methyl sites for hydroxylation is 1. The minimum atomic E-state index is -1.26. The standard InChI is InChI=1S/C14H15NO3S4/c1-8-3-6-21-10(8)7-11-12(16)15(14(19)22-11)9(13(17)18)4-5-20-2/h3,6-7,9H,4-5H2,1-2H3,(H,17,18)/p-1/b11-7+/t9-/m1/s1. The van der Waals surface area contributed by atoms with Crippen LogP contribution in [0, 0.1) is 6.92 Å². The summed E-state index contributed by atoms with van der Waals surface area (Å²) in [7, 11) is 0. The first kappa shape index (κ1) is 17.5. The first-order valence-electron chi connectivity index (χ1n) is 6.46. The molecule has 0 radical (unpaired) electrons. The van der Waals surface area contributed by atoms with Crippen LogP contribution < -0.4 is 5.11 Å². The van der Waals surface area contributed by atoms with Gasteiger partial charge in [-0.25, -0.2) is 0 Å². The summed E-state index contributed by atoms with van der Waals surface area (Å²) in [5.74, 6) is -0.990. The largest absolute Gasteiger partial charge is 0.548 e. The number of carbonyl (C=O) groups excluding carboxylic acids is 2. The zero-order valence-corrected chi connectivity index (χ0v) is 15.3. The van der Waals surface area contributed by atoms with E-state index in [0.717, 1.165) is 22.2 Å². The summed E-state index contributed by atoms with van der Waals surface area (Å²) in [4.78, 5) is 26.5. The molecule has 118 valence electrons. The van der Waals surface area contributed by atoms with Crippen LogP contribution in [0.2, 0.25) is 0 Å². The van der Waals surface area contributed by atoms with Gasteiger partial charge in [-0.05, 0) is 48.4 Å². The number of aliphatic carboxylic acids is 1. The summed E-state index contributed by atoms with van der Waals surface area (Å²) in [6, 6.07) is 0.968. The van der Waals surface area contributed by atoms with E-state index in [2.05, 4.69) is 0 Å². The molecular formula is C14H14NO3S4-. The Morgan fingerprint density at radius 1 is 1.59 bits per heavy atom. The van der Waals surface area contributed by atoms with E-state index in [1.807, 2.05) is 24.6 Å². The van der Waals surface area contributed by atoms with Crippen molar-refractivity contribution in [3.63, 3.8) is 0 Å². The van der Waals surface area contributed by atoms with Crippen LogP contribution in [0.15, 0.2) is 16.4 Å². The summed E-state index contributed by atoms with van der Waals surface area (Å²) in [5, 5.41) is 13.3. The van der Waals surface area contributed by atoms with Crippen molar-refractivity contribution in [2.75, 3.05) is 12.0 Å². The van der Waals surface area contributed by atoms with E-state index >= 15 is 0 Å². The van der Waals surface area contributed by atoms with Crippen molar-refractivity contribution in [1.29, 1.82) is 0 Å². The minimum Gasteiger partial charge on any atom is -0.548 e. The fourth-order valence-electron chi connectivity index (χ4n) is 1.98. The number of carboxylic acids is 1. The van der Waals surface area contributed by atoms with Crippen molar-refractivity contribution in [1.82, 2.24) is 4.90 Å². The van der Waals surface area contributed by atoms with Crippen LogP contribution in [0.5, 0.6) is 0 Å². The third-order valence-corrected chi connectivity index (χ3v) is 6.11.